The molecule has 1 saturated carbocycles. The van der Waals surface area contributed by atoms with Crippen molar-refractivity contribution < 1.29 is 4.79 Å². The van der Waals surface area contributed by atoms with Crippen LogP contribution < -0.4 is 0 Å². The normalized spacial score (nSPS) is 16.8. The van der Waals surface area contributed by atoms with Crippen molar-refractivity contribution in [3.05, 3.63) is 69.9 Å². The van der Waals surface area contributed by atoms with Gasteiger partial charge in [0.1, 0.15) is 0 Å². The number of rotatable bonds is 5. The first-order valence-electron chi connectivity index (χ1n) is 10.8. The van der Waals surface area contributed by atoms with Gasteiger partial charge in [0, 0.05) is 30.6 Å². The molecule has 1 aliphatic carbocycles. The maximum Gasteiger partial charge on any atom is 0.270 e. The molecule has 2 aliphatic rings. The van der Waals surface area contributed by atoms with E-state index in [9.17, 15) is 4.79 Å². The van der Waals surface area contributed by atoms with E-state index in [-0.39, 0.29) is 5.91 Å². The molecular weight excluding hydrogens is 444 g/mol. The first kappa shape index (κ1) is 19.8. The number of fused-ring (bicyclic) bond motifs is 1. The van der Waals surface area contributed by atoms with Crippen molar-refractivity contribution in [2.24, 2.45) is 0 Å². The fourth-order valence-corrected chi connectivity index (χ4v) is 5.57. The Balaban J connectivity index is 1.27. The Kier molecular flexibility index (Phi) is 4.93. The Morgan fingerprint density at radius 1 is 1.09 bits per heavy atom. The lowest BCUT2D eigenvalue weighted by atomic mass is 10.1. The second kappa shape index (κ2) is 7.95. The fraction of sp³-hybridized carbons (Fsp3) is 0.304. The summed E-state index contributed by atoms with van der Waals surface area (Å²) in [5, 5.41) is 14.1. The summed E-state index contributed by atoms with van der Waals surface area (Å²) in [6.07, 6.45) is 6.63. The molecule has 0 bridgehead atoms. The Morgan fingerprint density at radius 3 is 2.75 bits per heavy atom. The first-order valence-corrected chi connectivity index (χ1v) is 12.0. The molecule has 2 fully saturated rings. The first-order chi connectivity index (χ1) is 15.7. The number of hydrogen-bond acceptors (Lipinski definition) is 6. The molecule has 1 saturated heterocycles. The van der Waals surface area contributed by atoms with Gasteiger partial charge in [-0.05, 0) is 55.2 Å². The van der Waals surface area contributed by atoms with Gasteiger partial charge in [0.2, 0.25) is 0 Å². The average Bonchev–Trinajstić information content (AvgIpc) is 3.18. The lowest BCUT2D eigenvalue weighted by Gasteiger charge is -2.28. The van der Waals surface area contributed by atoms with Crippen LogP contribution in [0.15, 0.2) is 48.8 Å². The summed E-state index contributed by atoms with van der Waals surface area (Å²) >= 11 is 8.04. The summed E-state index contributed by atoms with van der Waals surface area (Å²) in [5.74, 6) is 0.575. The Labute approximate surface area is 194 Å². The number of nitrogens with zero attached hydrogens (tertiary/aromatic N) is 6. The van der Waals surface area contributed by atoms with Crippen LogP contribution in [-0.2, 0) is 6.54 Å². The number of hydrogen-bond donors (Lipinski definition) is 0. The summed E-state index contributed by atoms with van der Waals surface area (Å²) in [5.41, 5.74) is 3.37. The summed E-state index contributed by atoms with van der Waals surface area (Å²) in [7, 11) is 0. The average molecular weight is 465 g/mol. The number of halogens is 1. The zero-order chi connectivity index (χ0) is 21.7. The second-order valence-electron chi connectivity index (χ2n) is 8.28. The van der Waals surface area contributed by atoms with E-state index in [1.165, 1.54) is 32.9 Å². The van der Waals surface area contributed by atoms with Gasteiger partial charge in [-0.3, -0.25) is 9.80 Å². The minimum absolute atomic E-state index is 0.0906. The molecule has 0 radical (unpaired) electrons. The molecule has 0 N–H and O–H groups in total. The lowest BCUT2D eigenvalue weighted by molar-refractivity contribution is 0.0170. The summed E-state index contributed by atoms with van der Waals surface area (Å²) in [6.45, 7) is 2.18. The number of thiazole rings is 1. The molecule has 0 atom stereocenters. The minimum atomic E-state index is -0.0906. The molecule has 162 valence electrons. The van der Waals surface area contributed by atoms with Crippen molar-refractivity contribution >= 4 is 39.1 Å². The molecule has 3 heterocycles. The van der Waals surface area contributed by atoms with Gasteiger partial charge in [-0.2, -0.15) is 15.0 Å². The fourth-order valence-electron chi connectivity index (χ4n) is 4.19. The molecule has 7 nitrogen and oxygen atoms in total. The van der Waals surface area contributed by atoms with Crippen molar-refractivity contribution in [2.45, 2.75) is 31.7 Å². The smallest absolute Gasteiger partial charge is 0.270 e. The SMILES string of the molecule is O=C(c1cc(Cl)ccc1-n1nccn1)N1CCCN1Cc1ccc2nc(C3CC3)sc2c1. The predicted molar refractivity (Wildman–Crippen MR) is 124 cm³/mol. The standard InChI is InChI=1S/C23H21ClN6OS/c24-17-5-7-20(30-25-8-9-26-30)18(13-17)23(31)29-11-1-10-28(29)14-15-2-6-19-21(12-15)32-22(27-19)16-3-4-16/h2,5-9,12-13,16H,1,3-4,10-11,14H2. The number of hydrazine groups is 1. The zero-order valence-corrected chi connectivity index (χ0v) is 18.9. The van der Waals surface area contributed by atoms with E-state index in [4.69, 9.17) is 16.6 Å². The number of carbonyl (C=O) groups excluding carboxylic acids is 1. The summed E-state index contributed by atoms with van der Waals surface area (Å²) in [6, 6.07) is 11.7. The molecule has 9 heteroatoms. The maximum atomic E-state index is 13.6. The predicted octanol–water partition coefficient (Wildman–Crippen LogP) is 4.67. The van der Waals surface area contributed by atoms with Gasteiger partial charge in [-0.1, -0.05) is 17.7 Å². The van der Waals surface area contributed by atoms with E-state index >= 15 is 0 Å². The van der Waals surface area contributed by atoms with E-state index in [1.807, 2.05) is 5.01 Å². The van der Waals surface area contributed by atoms with Crippen LogP contribution in [0.4, 0.5) is 0 Å². The largest absolute Gasteiger partial charge is 0.271 e. The maximum absolute atomic E-state index is 13.6. The molecular formula is C23H21ClN6OS. The highest BCUT2D eigenvalue weighted by molar-refractivity contribution is 7.18. The summed E-state index contributed by atoms with van der Waals surface area (Å²) in [4.78, 5) is 19.8. The van der Waals surface area contributed by atoms with Crippen molar-refractivity contribution in [1.82, 2.24) is 30.0 Å². The number of carbonyl (C=O) groups is 1. The van der Waals surface area contributed by atoms with Crippen LogP contribution in [-0.4, -0.2) is 49.0 Å². The van der Waals surface area contributed by atoms with Crippen LogP contribution in [0.5, 0.6) is 0 Å². The molecule has 4 aromatic rings. The van der Waals surface area contributed by atoms with Crippen molar-refractivity contribution in [2.75, 3.05) is 13.1 Å². The third kappa shape index (κ3) is 3.68. The van der Waals surface area contributed by atoms with Crippen LogP contribution in [0, 0.1) is 0 Å². The Morgan fingerprint density at radius 2 is 1.94 bits per heavy atom. The highest BCUT2D eigenvalue weighted by Gasteiger charge is 2.30. The van der Waals surface area contributed by atoms with E-state index < -0.39 is 0 Å². The minimum Gasteiger partial charge on any atom is -0.271 e. The van der Waals surface area contributed by atoms with Crippen molar-refractivity contribution in [3.8, 4) is 5.69 Å². The molecule has 1 aliphatic heterocycles. The Bertz CT molecular complexity index is 1300. The zero-order valence-electron chi connectivity index (χ0n) is 17.3. The van der Waals surface area contributed by atoms with Crippen LogP contribution in [0.2, 0.25) is 5.02 Å². The van der Waals surface area contributed by atoms with Crippen molar-refractivity contribution in [1.29, 1.82) is 0 Å². The van der Waals surface area contributed by atoms with E-state index in [1.54, 1.807) is 41.9 Å². The van der Waals surface area contributed by atoms with Gasteiger partial charge in [0.05, 0.1) is 38.9 Å². The molecule has 2 aromatic heterocycles. The number of benzene rings is 2. The van der Waals surface area contributed by atoms with Gasteiger partial charge >= 0.3 is 0 Å². The quantitative estimate of drug-likeness (QED) is 0.429. The summed E-state index contributed by atoms with van der Waals surface area (Å²) < 4.78 is 1.23. The van der Waals surface area contributed by atoms with Gasteiger partial charge < -0.3 is 0 Å². The van der Waals surface area contributed by atoms with Crippen LogP contribution >= 0.6 is 22.9 Å². The molecule has 2 aromatic carbocycles. The third-order valence-electron chi connectivity index (χ3n) is 5.95. The third-order valence-corrected chi connectivity index (χ3v) is 7.36. The van der Waals surface area contributed by atoms with Gasteiger partial charge in [0.25, 0.3) is 5.91 Å². The second-order valence-corrected chi connectivity index (χ2v) is 9.78. The molecule has 0 spiro atoms. The highest BCUT2D eigenvalue weighted by Crippen LogP contribution is 2.43. The topological polar surface area (TPSA) is 67.2 Å². The van der Waals surface area contributed by atoms with Gasteiger partial charge in [-0.15, -0.1) is 11.3 Å². The van der Waals surface area contributed by atoms with Gasteiger partial charge in [0.15, 0.2) is 0 Å². The van der Waals surface area contributed by atoms with E-state index in [0.29, 0.717) is 35.3 Å². The molecule has 32 heavy (non-hydrogen) atoms. The van der Waals surface area contributed by atoms with E-state index in [0.717, 1.165) is 18.5 Å². The van der Waals surface area contributed by atoms with Crippen LogP contribution in [0.25, 0.3) is 15.9 Å². The number of aromatic nitrogens is 4. The Hall–Kier alpha value is -2.81. The monoisotopic (exact) mass is 464 g/mol. The molecule has 1 amide bonds. The van der Waals surface area contributed by atoms with Gasteiger partial charge in [-0.25, -0.2) is 9.99 Å². The number of amides is 1. The van der Waals surface area contributed by atoms with E-state index in [2.05, 4.69) is 33.4 Å². The highest BCUT2D eigenvalue weighted by atomic mass is 35.5. The lowest BCUT2D eigenvalue weighted by Crippen LogP contribution is -2.41. The van der Waals surface area contributed by atoms with Crippen LogP contribution in [0.1, 0.15) is 46.1 Å². The molecule has 6 rings (SSSR count). The van der Waals surface area contributed by atoms with Crippen molar-refractivity contribution in [3.63, 3.8) is 0 Å². The molecule has 0 unspecified atom stereocenters. The van der Waals surface area contributed by atoms with Crippen LogP contribution in [0.3, 0.4) is 0 Å².